The topological polar surface area (TPSA) is 66.8 Å². The van der Waals surface area contributed by atoms with E-state index in [1.54, 1.807) is 6.20 Å². The van der Waals surface area contributed by atoms with E-state index >= 15 is 0 Å². The van der Waals surface area contributed by atoms with E-state index in [-0.39, 0.29) is 12.2 Å². The molecule has 3 rings (SSSR count). The summed E-state index contributed by atoms with van der Waals surface area (Å²) in [5.41, 5.74) is 0.844. The highest BCUT2D eigenvalue weighted by molar-refractivity contribution is 5.21. The lowest BCUT2D eigenvalue weighted by Gasteiger charge is -2.27. The molecule has 2 aromatic heterocycles. The highest BCUT2D eigenvalue weighted by Gasteiger charge is 2.35. The van der Waals surface area contributed by atoms with Crippen LogP contribution in [-0.2, 0) is 32.2 Å². The molecule has 0 unspecified atom stereocenters. The zero-order chi connectivity index (χ0) is 16.6. The molecular formula is C14H16F3N5O. The van der Waals surface area contributed by atoms with E-state index in [1.165, 1.54) is 0 Å². The molecule has 0 atom stereocenters. The molecule has 1 N–H and O–H groups in total. The van der Waals surface area contributed by atoms with Crippen molar-refractivity contribution in [3.63, 3.8) is 0 Å². The van der Waals surface area contributed by atoms with Gasteiger partial charge in [0.15, 0.2) is 0 Å². The van der Waals surface area contributed by atoms with Crippen LogP contribution in [-0.4, -0.2) is 31.2 Å². The third-order valence-corrected chi connectivity index (χ3v) is 3.91. The van der Waals surface area contributed by atoms with E-state index in [9.17, 15) is 18.0 Å². The van der Waals surface area contributed by atoms with Crippen LogP contribution in [0.15, 0.2) is 17.1 Å². The third-order valence-electron chi connectivity index (χ3n) is 3.91. The van der Waals surface area contributed by atoms with Crippen molar-refractivity contribution in [3.8, 4) is 0 Å². The minimum Gasteiger partial charge on any atom is -0.303 e. The zero-order valence-corrected chi connectivity index (χ0v) is 12.5. The molecule has 0 spiro atoms. The summed E-state index contributed by atoms with van der Waals surface area (Å²) in [6.45, 7) is 4.15. The summed E-state index contributed by atoms with van der Waals surface area (Å²) in [6, 6.07) is 1.90. The predicted octanol–water partition coefficient (Wildman–Crippen LogP) is 1.56. The Morgan fingerprint density at radius 2 is 2.17 bits per heavy atom. The van der Waals surface area contributed by atoms with E-state index in [2.05, 4.69) is 10.1 Å². The maximum Gasteiger partial charge on any atom is 0.449 e. The summed E-state index contributed by atoms with van der Waals surface area (Å²) in [6.07, 6.45) is -2.61. The molecule has 0 saturated heterocycles. The number of nitrogens with one attached hydrogen (secondary N) is 1. The number of H-pyrrole nitrogens is 1. The van der Waals surface area contributed by atoms with Crippen molar-refractivity contribution in [1.82, 2.24) is 24.6 Å². The van der Waals surface area contributed by atoms with E-state index in [0.29, 0.717) is 25.1 Å². The highest BCUT2D eigenvalue weighted by Crippen LogP contribution is 2.26. The molecule has 0 radical (unpaired) electrons. The van der Waals surface area contributed by atoms with E-state index in [1.807, 2.05) is 27.6 Å². The molecule has 1 aliphatic rings. The van der Waals surface area contributed by atoms with Gasteiger partial charge in [0, 0.05) is 38.8 Å². The number of alkyl halides is 3. The average Bonchev–Trinajstić information content (AvgIpc) is 2.94. The van der Waals surface area contributed by atoms with Crippen LogP contribution >= 0.6 is 0 Å². The number of halogens is 3. The number of fused-ring (bicyclic) bond motifs is 1. The molecule has 0 saturated carbocycles. The largest absolute Gasteiger partial charge is 0.449 e. The van der Waals surface area contributed by atoms with E-state index in [0.717, 1.165) is 12.2 Å². The molecule has 0 aliphatic carbocycles. The zero-order valence-electron chi connectivity index (χ0n) is 12.5. The van der Waals surface area contributed by atoms with Gasteiger partial charge in [-0.2, -0.15) is 18.3 Å². The lowest BCUT2D eigenvalue weighted by atomic mass is 10.1. The van der Waals surface area contributed by atoms with Crippen LogP contribution in [0.25, 0.3) is 0 Å². The standard InChI is InChI=1S/C14H16F3N5O/c1-2-22-9(3-5-18-22)7-21-6-4-11-10(8-21)12(23)20-13(19-11)14(15,16)17/h3,5H,2,4,6-8H2,1H3,(H,19,20,23). The summed E-state index contributed by atoms with van der Waals surface area (Å²) < 4.78 is 39.9. The van der Waals surface area contributed by atoms with Crippen molar-refractivity contribution in [3.05, 3.63) is 45.4 Å². The van der Waals surface area contributed by atoms with Gasteiger partial charge in [0.1, 0.15) is 0 Å². The quantitative estimate of drug-likeness (QED) is 0.929. The molecule has 1 aliphatic heterocycles. The molecule has 124 valence electrons. The third kappa shape index (κ3) is 3.14. The normalized spacial score (nSPS) is 15.7. The second-order valence-corrected chi connectivity index (χ2v) is 5.44. The molecule has 0 bridgehead atoms. The molecule has 9 heteroatoms. The van der Waals surface area contributed by atoms with Gasteiger partial charge < -0.3 is 4.98 Å². The maximum atomic E-state index is 12.7. The SMILES string of the molecule is CCn1nccc1CN1CCc2nc(C(F)(F)F)[nH]c(=O)c2C1. The molecule has 23 heavy (non-hydrogen) atoms. The molecule has 3 heterocycles. The molecular weight excluding hydrogens is 311 g/mol. The minimum atomic E-state index is -4.64. The first-order chi connectivity index (χ1) is 10.9. The van der Waals surface area contributed by atoms with E-state index < -0.39 is 17.6 Å². The summed E-state index contributed by atoms with van der Waals surface area (Å²) >= 11 is 0. The summed E-state index contributed by atoms with van der Waals surface area (Å²) in [4.78, 5) is 19.4. The first-order valence-electron chi connectivity index (χ1n) is 7.30. The monoisotopic (exact) mass is 327 g/mol. The Bertz CT molecular complexity index is 765. The number of aromatic amines is 1. The van der Waals surface area contributed by atoms with Crippen LogP contribution in [0.3, 0.4) is 0 Å². The van der Waals surface area contributed by atoms with Gasteiger partial charge in [-0.1, -0.05) is 0 Å². The van der Waals surface area contributed by atoms with Crippen molar-refractivity contribution in [2.24, 2.45) is 0 Å². The molecule has 6 nitrogen and oxygen atoms in total. The number of rotatable bonds is 3. The van der Waals surface area contributed by atoms with Crippen LogP contribution in [0.2, 0.25) is 0 Å². The highest BCUT2D eigenvalue weighted by atomic mass is 19.4. The van der Waals surface area contributed by atoms with Crippen LogP contribution in [0.1, 0.15) is 29.7 Å². The van der Waals surface area contributed by atoms with Crippen molar-refractivity contribution in [1.29, 1.82) is 0 Å². The summed E-state index contributed by atoms with van der Waals surface area (Å²) in [5, 5.41) is 4.19. The fourth-order valence-electron chi connectivity index (χ4n) is 2.76. The van der Waals surface area contributed by atoms with Crippen molar-refractivity contribution < 1.29 is 13.2 Å². The van der Waals surface area contributed by atoms with Crippen molar-refractivity contribution in [2.45, 2.75) is 39.2 Å². The van der Waals surface area contributed by atoms with Crippen LogP contribution in [0, 0.1) is 0 Å². The Balaban J connectivity index is 1.83. The number of hydrogen-bond donors (Lipinski definition) is 1. The molecule has 0 amide bonds. The van der Waals surface area contributed by atoms with Crippen molar-refractivity contribution in [2.75, 3.05) is 6.54 Å². The van der Waals surface area contributed by atoms with Gasteiger partial charge in [0.05, 0.1) is 17.0 Å². The molecule has 2 aromatic rings. The Morgan fingerprint density at radius 3 is 2.87 bits per heavy atom. The smallest absolute Gasteiger partial charge is 0.303 e. The van der Waals surface area contributed by atoms with Gasteiger partial charge in [-0.05, 0) is 13.0 Å². The second kappa shape index (κ2) is 5.80. The van der Waals surface area contributed by atoms with Crippen LogP contribution in [0.5, 0.6) is 0 Å². The van der Waals surface area contributed by atoms with Gasteiger partial charge in [-0.3, -0.25) is 14.4 Å². The Kier molecular flexibility index (Phi) is 3.97. The minimum absolute atomic E-state index is 0.237. The van der Waals surface area contributed by atoms with Gasteiger partial charge in [0.25, 0.3) is 5.56 Å². The average molecular weight is 327 g/mol. The van der Waals surface area contributed by atoms with Crippen molar-refractivity contribution >= 4 is 0 Å². The Hall–Kier alpha value is -2.16. The second-order valence-electron chi connectivity index (χ2n) is 5.44. The predicted molar refractivity (Wildman–Crippen MR) is 75.6 cm³/mol. The Morgan fingerprint density at radius 1 is 1.39 bits per heavy atom. The summed E-state index contributed by atoms with van der Waals surface area (Å²) in [7, 11) is 0. The first-order valence-corrected chi connectivity index (χ1v) is 7.30. The van der Waals surface area contributed by atoms with E-state index in [4.69, 9.17) is 0 Å². The molecule has 0 aromatic carbocycles. The number of aryl methyl sites for hydroxylation is 1. The van der Waals surface area contributed by atoms with Gasteiger partial charge in [-0.25, -0.2) is 4.98 Å². The number of aromatic nitrogens is 4. The van der Waals surface area contributed by atoms with Gasteiger partial charge >= 0.3 is 6.18 Å². The van der Waals surface area contributed by atoms with Gasteiger partial charge in [-0.15, -0.1) is 0 Å². The Labute approximate surface area is 130 Å². The summed E-state index contributed by atoms with van der Waals surface area (Å²) in [5.74, 6) is -1.22. The molecule has 0 fully saturated rings. The lowest BCUT2D eigenvalue weighted by molar-refractivity contribution is -0.145. The lowest BCUT2D eigenvalue weighted by Crippen LogP contribution is -2.37. The maximum absolute atomic E-state index is 12.7. The fourth-order valence-corrected chi connectivity index (χ4v) is 2.76. The number of hydrogen-bond acceptors (Lipinski definition) is 4. The van der Waals surface area contributed by atoms with Crippen LogP contribution in [0.4, 0.5) is 13.2 Å². The van der Waals surface area contributed by atoms with Gasteiger partial charge in [0.2, 0.25) is 5.82 Å². The number of nitrogens with zero attached hydrogens (tertiary/aromatic N) is 4. The first kappa shape index (κ1) is 15.7. The van der Waals surface area contributed by atoms with Crippen LogP contribution < -0.4 is 5.56 Å². The fraction of sp³-hybridized carbons (Fsp3) is 0.500.